The van der Waals surface area contributed by atoms with Gasteiger partial charge in [-0.25, -0.2) is 0 Å². The van der Waals surface area contributed by atoms with Crippen molar-refractivity contribution in [3.63, 3.8) is 0 Å². The van der Waals surface area contributed by atoms with Crippen LogP contribution in [0.1, 0.15) is 27.7 Å². The van der Waals surface area contributed by atoms with Crippen molar-refractivity contribution >= 4 is 23.8 Å². The second-order valence-corrected chi connectivity index (χ2v) is 8.26. The number of ether oxygens (including phenoxy) is 9. The number of aliphatic hydroxyl groups is 1. The van der Waals surface area contributed by atoms with Crippen molar-refractivity contribution in [1.82, 2.24) is 5.32 Å². The van der Waals surface area contributed by atoms with Gasteiger partial charge in [0.2, 0.25) is 5.91 Å². The summed E-state index contributed by atoms with van der Waals surface area (Å²) in [5.74, 6) is -2.45. The Hall–Kier alpha value is -2.40. The van der Waals surface area contributed by atoms with Crippen LogP contribution in [0.25, 0.3) is 0 Å². The molecule has 15 heteroatoms. The van der Waals surface area contributed by atoms with Gasteiger partial charge in [0.1, 0.15) is 18.8 Å². The predicted octanol–water partition coefficient (Wildman–Crippen LogP) is -1.28. The summed E-state index contributed by atoms with van der Waals surface area (Å²) in [4.78, 5) is 46.9. The van der Waals surface area contributed by atoms with Crippen molar-refractivity contribution < 1.29 is 66.9 Å². The summed E-state index contributed by atoms with van der Waals surface area (Å²) < 4.78 is 48.7. The van der Waals surface area contributed by atoms with Crippen molar-refractivity contribution in [2.75, 3.05) is 72.7 Å². The predicted molar refractivity (Wildman–Crippen MR) is 130 cm³/mol. The molecule has 0 aliphatic carbocycles. The lowest BCUT2D eigenvalue weighted by Crippen LogP contribution is -2.66. The number of amides is 1. The molecule has 226 valence electrons. The monoisotopic (exact) mass is 567 g/mol. The van der Waals surface area contributed by atoms with E-state index in [9.17, 15) is 19.2 Å². The summed E-state index contributed by atoms with van der Waals surface area (Å²) in [6, 6.07) is -1.04. The van der Waals surface area contributed by atoms with E-state index in [4.69, 9.17) is 47.7 Å². The number of esters is 3. The van der Waals surface area contributed by atoms with E-state index in [2.05, 4.69) is 5.32 Å². The Morgan fingerprint density at radius 3 is 1.64 bits per heavy atom. The highest BCUT2D eigenvalue weighted by Gasteiger charge is 2.51. The fraction of sp³-hybridized carbons (Fsp3) is 0.833. The van der Waals surface area contributed by atoms with Gasteiger partial charge >= 0.3 is 17.9 Å². The molecule has 0 aromatic carbocycles. The van der Waals surface area contributed by atoms with E-state index in [1.54, 1.807) is 0 Å². The van der Waals surface area contributed by atoms with Gasteiger partial charge in [-0.1, -0.05) is 0 Å². The van der Waals surface area contributed by atoms with Crippen molar-refractivity contribution in [3.8, 4) is 0 Å². The van der Waals surface area contributed by atoms with Crippen LogP contribution in [-0.4, -0.2) is 132 Å². The Labute approximate surface area is 227 Å². The van der Waals surface area contributed by atoms with Crippen LogP contribution in [0.2, 0.25) is 0 Å². The third-order valence-corrected chi connectivity index (χ3v) is 4.93. The molecule has 1 heterocycles. The molecule has 0 spiro atoms. The summed E-state index contributed by atoms with van der Waals surface area (Å²) in [7, 11) is 0. The molecule has 0 saturated carbocycles. The lowest BCUT2D eigenvalue weighted by Gasteiger charge is -2.44. The molecule has 0 aromatic rings. The molecule has 0 aromatic heterocycles. The molecule has 0 bridgehead atoms. The van der Waals surface area contributed by atoms with E-state index < -0.39 is 54.5 Å². The second kappa shape index (κ2) is 20.5. The van der Waals surface area contributed by atoms with Crippen LogP contribution in [0.4, 0.5) is 0 Å². The number of rotatable bonds is 20. The van der Waals surface area contributed by atoms with Crippen LogP contribution >= 0.6 is 0 Å². The Morgan fingerprint density at radius 2 is 1.18 bits per heavy atom. The number of hydrogen-bond acceptors (Lipinski definition) is 14. The normalized spacial score (nSPS) is 22.6. The molecule has 1 aliphatic heterocycles. The average molecular weight is 568 g/mol. The van der Waals surface area contributed by atoms with Gasteiger partial charge in [0.15, 0.2) is 18.5 Å². The quantitative estimate of drug-likeness (QED) is 0.101. The van der Waals surface area contributed by atoms with Gasteiger partial charge in [0.25, 0.3) is 0 Å². The zero-order chi connectivity index (χ0) is 29.0. The zero-order valence-corrected chi connectivity index (χ0v) is 22.9. The molecule has 2 N–H and O–H groups in total. The van der Waals surface area contributed by atoms with Crippen LogP contribution in [0.3, 0.4) is 0 Å². The summed E-state index contributed by atoms with van der Waals surface area (Å²) in [5, 5.41) is 11.2. The minimum atomic E-state index is -1.19. The van der Waals surface area contributed by atoms with Crippen LogP contribution in [-0.2, 0) is 61.8 Å². The smallest absolute Gasteiger partial charge is 0.303 e. The van der Waals surface area contributed by atoms with Gasteiger partial charge in [0.05, 0.1) is 66.1 Å². The standard InChI is InChI=1S/C24H41NO14/c1-16(27)25-21-23(38-19(4)30)22(37-18(3)29)20(15-36-17(2)28)39-24(21)35-14-13-34-12-11-33-10-9-32-8-7-31-6-5-26/h20-24,26H,5-15H2,1-4H3,(H,25,27)/t20-,21+,22+,23-,24+/m1/s1. The van der Waals surface area contributed by atoms with Crippen molar-refractivity contribution in [1.29, 1.82) is 0 Å². The first kappa shape index (κ1) is 34.6. The SMILES string of the molecule is CC(=O)N[C@@H]1[C@@H](OCCOCCOCCOCCOCCO)O[C@H](COC(C)=O)[C@H](OC(C)=O)[C@@H]1OC(C)=O. The number of carbonyl (C=O) groups excluding carboxylic acids is 4. The van der Waals surface area contributed by atoms with Gasteiger partial charge in [-0.15, -0.1) is 0 Å². The molecule has 0 radical (unpaired) electrons. The highest BCUT2D eigenvalue weighted by atomic mass is 16.7. The lowest BCUT2D eigenvalue weighted by molar-refractivity contribution is -0.279. The Balaban J connectivity index is 2.60. The summed E-state index contributed by atoms with van der Waals surface area (Å²) >= 11 is 0. The van der Waals surface area contributed by atoms with Gasteiger partial charge in [-0.3, -0.25) is 19.2 Å². The molecule has 0 unspecified atom stereocenters. The summed E-state index contributed by atoms with van der Waals surface area (Å²) in [5.41, 5.74) is 0. The summed E-state index contributed by atoms with van der Waals surface area (Å²) in [6.07, 6.45) is -4.57. The first-order valence-corrected chi connectivity index (χ1v) is 12.6. The first-order chi connectivity index (χ1) is 18.6. The van der Waals surface area contributed by atoms with Crippen molar-refractivity contribution in [2.45, 2.75) is 58.3 Å². The number of nitrogens with one attached hydrogen (secondary N) is 1. The maximum absolute atomic E-state index is 11.9. The molecular formula is C24H41NO14. The van der Waals surface area contributed by atoms with Crippen LogP contribution < -0.4 is 5.32 Å². The Kier molecular flexibility index (Phi) is 18.2. The van der Waals surface area contributed by atoms with Crippen LogP contribution in [0.15, 0.2) is 0 Å². The zero-order valence-electron chi connectivity index (χ0n) is 22.9. The molecule has 1 saturated heterocycles. The first-order valence-electron chi connectivity index (χ1n) is 12.6. The fourth-order valence-electron chi connectivity index (χ4n) is 3.48. The highest BCUT2D eigenvalue weighted by molar-refractivity contribution is 5.73. The van der Waals surface area contributed by atoms with E-state index >= 15 is 0 Å². The van der Waals surface area contributed by atoms with E-state index in [1.165, 1.54) is 13.8 Å². The van der Waals surface area contributed by atoms with Gasteiger partial charge in [-0.2, -0.15) is 0 Å². The van der Waals surface area contributed by atoms with Crippen molar-refractivity contribution in [2.24, 2.45) is 0 Å². The summed E-state index contributed by atoms with van der Waals surface area (Å²) in [6.45, 7) is 7.06. The van der Waals surface area contributed by atoms with E-state index in [1.807, 2.05) is 0 Å². The molecular weight excluding hydrogens is 526 g/mol. The maximum Gasteiger partial charge on any atom is 0.303 e. The van der Waals surface area contributed by atoms with Crippen LogP contribution in [0.5, 0.6) is 0 Å². The van der Waals surface area contributed by atoms with E-state index in [-0.39, 0.29) is 39.6 Å². The minimum absolute atomic E-state index is 0.0281. The molecule has 1 aliphatic rings. The molecule has 15 nitrogen and oxygen atoms in total. The second-order valence-electron chi connectivity index (χ2n) is 8.26. The molecule has 5 atom stereocenters. The Bertz CT molecular complexity index is 736. The average Bonchev–Trinajstić information content (AvgIpc) is 2.85. The topological polar surface area (TPSA) is 184 Å². The Morgan fingerprint density at radius 1 is 0.692 bits per heavy atom. The van der Waals surface area contributed by atoms with Crippen molar-refractivity contribution in [3.05, 3.63) is 0 Å². The fourth-order valence-corrected chi connectivity index (χ4v) is 3.48. The van der Waals surface area contributed by atoms with E-state index in [0.717, 1.165) is 13.8 Å². The number of hydrogen-bond donors (Lipinski definition) is 2. The highest BCUT2D eigenvalue weighted by Crippen LogP contribution is 2.28. The van der Waals surface area contributed by atoms with Gasteiger partial charge < -0.3 is 53.1 Å². The maximum atomic E-state index is 11.9. The molecule has 39 heavy (non-hydrogen) atoms. The third-order valence-electron chi connectivity index (χ3n) is 4.93. The van der Waals surface area contributed by atoms with Crippen LogP contribution in [0, 0.1) is 0 Å². The lowest BCUT2D eigenvalue weighted by atomic mass is 9.96. The third kappa shape index (κ3) is 15.7. The minimum Gasteiger partial charge on any atom is -0.463 e. The molecule has 1 fully saturated rings. The van der Waals surface area contributed by atoms with Gasteiger partial charge in [0, 0.05) is 27.7 Å². The van der Waals surface area contributed by atoms with E-state index in [0.29, 0.717) is 33.0 Å². The largest absolute Gasteiger partial charge is 0.463 e. The molecule has 1 amide bonds. The number of aliphatic hydroxyl groups excluding tert-OH is 1. The molecule has 1 rings (SSSR count). The van der Waals surface area contributed by atoms with Gasteiger partial charge in [-0.05, 0) is 0 Å². The number of carbonyl (C=O) groups is 4.